The number of rotatable bonds is 9. The monoisotopic (exact) mass is 543 g/mol. The lowest BCUT2D eigenvalue weighted by Gasteiger charge is -2.29. The minimum atomic E-state index is -0.855. The number of carbonyl (C=O) groups excluding carboxylic acids is 3. The van der Waals surface area contributed by atoms with Gasteiger partial charge in [-0.05, 0) is 36.8 Å². The molecule has 1 aromatic heterocycles. The Kier molecular flexibility index (Phi) is 8.86. The number of hydrogen-bond acceptors (Lipinski definition) is 9. The number of methoxy groups -OCH3 is 1. The quantitative estimate of drug-likeness (QED) is 0.364. The first kappa shape index (κ1) is 27.3. The summed E-state index contributed by atoms with van der Waals surface area (Å²) in [5.41, 5.74) is 2.12. The zero-order valence-corrected chi connectivity index (χ0v) is 22.0. The van der Waals surface area contributed by atoms with Gasteiger partial charge in [0, 0.05) is 0 Å². The first-order valence-electron chi connectivity index (χ1n) is 12.0. The number of allylic oxidation sites excluding steroid dienone is 1. The van der Waals surface area contributed by atoms with Gasteiger partial charge >= 0.3 is 11.9 Å². The van der Waals surface area contributed by atoms with E-state index in [1.165, 1.54) is 13.4 Å². The Morgan fingerprint density at radius 1 is 1.05 bits per heavy atom. The number of nitrogens with zero attached hydrogens (tertiary/aromatic N) is 1. The molecule has 0 radical (unpaired) electrons. The van der Waals surface area contributed by atoms with Crippen LogP contribution in [0.4, 0.5) is 5.69 Å². The Labute approximate surface area is 229 Å². The van der Waals surface area contributed by atoms with E-state index in [1.807, 2.05) is 30.3 Å². The molecule has 0 bridgehead atoms. The van der Waals surface area contributed by atoms with Crippen LogP contribution in [-0.4, -0.2) is 37.3 Å². The van der Waals surface area contributed by atoms with Crippen molar-refractivity contribution in [2.45, 2.75) is 12.8 Å². The SMILES string of the molecule is CCOC(=O)C1=C(c2ccccc2)NC(SCC(=O)Nc2ccccc2C(=O)OC)=C(C#N)[C@H]1c1ccco1. The fourth-order valence-corrected chi connectivity index (χ4v) is 4.94. The first-order valence-corrected chi connectivity index (χ1v) is 13.0. The normalized spacial score (nSPS) is 14.7. The smallest absolute Gasteiger partial charge is 0.339 e. The predicted octanol–water partition coefficient (Wildman–Crippen LogP) is 4.83. The number of benzene rings is 2. The average Bonchev–Trinajstić information content (AvgIpc) is 3.50. The van der Waals surface area contributed by atoms with E-state index in [2.05, 4.69) is 16.7 Å². The van der Waals surface area contributed by atoms with Gasteiger partial charge in [-0.3, -0.25) is 4.79 Å². The number of nitrogens with one attached hydrogen (secondary N) is 2. The van der Waals surface area contributed by atoms with Crippen molar-refractivity contribution < 1.29 is 28.3 Å². The minimum Gasteiger partial charge on any atom is -0.468 e. The number of thioether (sulfide) groups is 1. The van der Waals surface area contributed by atoms with E-state index in [4.69, 9.17) is 13.9 Å². The van der Waals surface area contributed by atoms with Gasteiger partial charge in [0.25, 0.3) is 0 Å². The van der Waals surface area contributed by atoms with Crippen LogP contribution < -0.4 is 10.6 Å². The molecule has 2 heterocycles. The van der Waals surface area contributed by atoms with Gasteiger partial charge in [-0.1, -0.05) is 54.2 Å². The number of hydrogen-bond donors (Lipinski definition) is 2. The number of carbonyl (C=O) groups is 3. The summed E-state index contributed by atoms with van der Waals surface area (Å²) in [5, 5.41) is 16.5. The number of para-hydroxylation sites is 1. The van der Waals surface area contributed by atoms with E-state index < -0.39 is 23.8 Å². The van der Waals surface area contributed by atoms with Gasteiger partial charge in [-0.15, -0.1) is 0 Å². The van der Waals surface area contributed by atoms with Crippen LogP contribution in [0.15, 0.2) is 93.6 Å². The summed E-state index contributed by atoms with van der Waals surface area (Å²) in [4.78, 5) is 38.2. The molecule has 0 aliphatic carbocycles. The van der Waals surface area contributed by atoms with E-state index in [0.29, 0.717) is 27.7 Å². The maximum absolute atomic E-state index is 13.2. The Morgan fingerprint density at radius 3 is 2.46 bits per heavy atom. The molecule has 198 valence electrons. The Morgan fingerprint density at radius 2 is 1.79 bits per heavy atom. The number of ether oxygens (including phenoxy) is 2. The van der Waals surface area contributed by atoms with Gasteiger partial charge in [0.2, 0.25) is 5.91 Å². The van der Waals surface area contributed by atoms with Crippen LogP contribution in [0.2, 0.25) is 0 Å². The summed E-state index contributed by atoms with van der Waals surface area (Å²) in [6.07, 6.45) is 1.47. The molecular formula is C29H25N3O6S. The van der Waals surface area contributed by atoms with Crippen LogP contribution >= 0.6 is 11.8 Å². The summed E-state index contributed by atoms with van der Waals surface area (Å²) in [7, 11) is 1.26. The number of furan rings is 1. The largest absolute Gasteiger partial charge is 0.468 e. The van der Waals surface area contributed by atoms with Gasteiger partial charge in [-0.2, -0.15) is 5.26 Å². The number of anilines is 1. The number of dihydropyridines is 1. The Bertz CT molecular complexity index is 1470. The van der Waals surface area contributed by atoms with Crippen LogP contribution in [0.5, 0.6) is 0 Å². The second-order valence-corrected chi connectivity index (χ2v) is 9.16. The lowest BCUT2D eigenvalue weighted by molar-refractivity contribution is -0.138. The topological polar surface area (TPSA) is 131 Å². The van der Waals surface area contributed by atoms with Gasteiger partial charge in [0.05, 0.1) is 70.8 Å². The number of esters is 2. The van der Waals surface area contributed by atoms with Gasteiger partial charge in [-0.25, -0.2) is 9.59 Å². The van der Waals surface area contributed by atoms with Crippen molar-refractivity contribution in [2.24, 2.45) is 0 Å². The second kappa shape index (κ2) is 12.7. The lowest BCUT2D eigenvalue weighted by atomic mass is 9.84. The van der Waals surface area contributed by atoms with Crippen LogP contribution in [0, 0.1) is 11.3 Å². The van der Waals surface area contributed by atoms with E-state index in [1.54, 1.807) is 43.3 Å². The number of amides is 1. The van der Waals surface area contributed by atoms with Crippen molar-refractivity contribution >= 4 is 41.0 Å². The van der Waals surface area contributed by atoms with Gasteiger partial charge < -0.3 is 24.5 Å². The number of nitriles is 1. The fourth-order valence-electron chi connectivity index (χ4n) is 4.10. The third-order valence-corrected chi connectivity index (χ3v) is 6.81. The standard InChI is InChI=1S/C29H25N3O6S/c1-3-37-29(35)25-24(22-14-9-15-38-22)20(16-30)27(32-26(25)18-10-5-4-6-11-18)39-17-23(33)31-21-13-8-7-12-19(21)28(34)36-2/h4-15,24,32H,3,17H2,1-2H3,(H,31,33)/t24-/m0/s1. The molecular weight excluding hydrogens is 518 g/mol. The van der Waals surface area contributed by atoms with Crippen LogP contribution in [0.25, 0.3) is 5.70 Å². The predicted molar refractivity (Wildman–Crippen MR) is 146 cm³/mol. The maximum atomic E-state index is 13.2. The van der Waals surface area contributed by atoms with E-state index in [-0.39, 0.29) is 29.1 Å². The van der Waals surface area contributed by atoms with Crippen molar-refractivity contribution in [1.29, 1.82) is 5.26 Å². The molecule has 2 aromatic carbocycles. The Balaban J connectivity index is 1.69. The highest BCUT2D eigenvalue weighted by Crippen LogP contribution is 2.43. The van der Waals surface area contributed by atoms with E-state index in [0.717, 1.165) is 11.8 Å². The highest BCUT2D eigenvalue weighted by molar-refractivity contribution is 8.03. The van der Waals surface area contributed by atoms with Crippen LogP contribution in [-0.2, 0) is 19.1 Å². The molecule has 9 nitrogen and oxygen atoms in total. The molecule has 4 rings (SSSR count). The van der Waals surface area contributed by atoms with Crippen molar-refractivity contribution in [2.75, 3.05) is 24.8 Å². The molecule has 1 atom stereocenters. The van der Waals surface area contributed by atoms with Crippen molar-refractivity contribution in [3.8, 4) is 6.07 Å². The summed E-state index contributed by atoms with van der Waals surface area (Å²) in [6, 6.07) is 21.2. The summed E-state index contributed by atoms with van der Waals surface area (Å²) in [6.45, 7) is 1.85. The van der Waals surface area contributed by atoms with E-state index >= 15 is 0 Å². The zero-order chi connectivity index (χ0) is 27.8. The van der Waals surface area contributed by atoms with E-state index in [9.17, 15) is 19.6 Å². The zero-order valence-electron chi connectivity index (χ0n) is 21.2. The minimum absolute atomic E-state index is 0.0926. The lowest BCUT2D eigenvalue weighted by Crippen LogP contribution is -2.29. The molecule has 3 aromatic rings. The molecule has 0 saturated heterocycles. The fraction of sp³-hybridized carbons (Fsp3) is 0.172. The molecule has 39 heavy (non-hydrogen) atoms. The molecule has 2 N–H and O–H groups in total. The van der Waals surface area contributed by atoms with Crippen LogP contribution in [0.3, 0.4) is 0 Å². The third kappa shape index (κ3) is 6.05. The third-order valence-electron chi connectivity index (χ3n) is 5.79. The average molecular weight is 544 g/mol. The highest BCUT2D eigenvalue weighted by Gasteiger charge is 2.39. The molecule has 0 spiro atoms. The van der Waals surface area contributed by atoms with Crippen LogP contribution in [0.1, 0.15) is 34.5 Å². The van der Waals surface area contributed by atoms with Crippen molar-refractivity contribution in [3.05, 3.63) is 106 Å². The molecule has 0 unspecified atom stereocenters. The highest BCUT2D eigenvalue weighted by atomic mass is 32.2. The summed E-state index contributed by atoms with van der Waals surface area (Å²) < 4.78 is 15.8. The molecule has 1 aliphatic rings. The van der Waals surface area contributed by atoms with Gasteiger partial charge in [0.1, 0.15) is 5.76 Å². The molecule has 0 fully saturated rings. The summed E-state index contributed by atoms with van der Waals surface area (Å²) in [5.74, 6) is -2.12. The van der Waals surface area contributed by atoms with Gasteiger partial charge in [0.15, 0.2) is 0 Å². The Hall–Kier alpha value is -4.75. The van der Waals surface area contributed by atoms with Crippen molar-refractivity contribution in [3.63, 3.8) is 0 Å². The molecule has 1 aliphatic heterocycles. The molecule has 0 saturated carbocycles. The molecule has 10 heteroatoms. The maximum Gasteiger partial charge on any atom is 0.339 e. The summed E-state index contributed by atoms with van der Waals surface area (Å²) >= 11 is 1.09. The first-order chi connectivity index (χ1) is 19.0. The molecule has 1 amide bonds. The van der Waals surface area contributed by atoms with Crippen molar-refractivity contribution in [1.82, 2.24) is 5.32 Å². The second-order valence-electron chi connectivity index (χ2n) is 8.18.